The van der Waals surface area contributed by atoms with E-state index in [1.54, 1.807) is 0 Å². The molecule has 1 aliphatic rings. The standard InChI is InChI=1S/C24H27F6NO2.ClH/c1-21(2,32)20(16-12-18(23(25,26)27)14-19(13-16)24(28,29)30)33-15-22(8-10-31-11-9-22)17-6-4-3-5-7-17;/h3-7,12-14,20,31-32H,8-11,15H2,1-2H3;1H. The highest BCUT2D eigenvalue weighted by Gasteiger charge is 2.41. The van der Waals surface area contributed by atoms with Crippen LogP contribution in [0.3, 0.4) is 0 Å². The summed E-state index contributed by atoms with van der Waals surface area (Å²) in [6.07, 6.45) is -10.0. The average Bonchev–Trinajstić information content (AvgIpc) is 2.73. The quantitative estimate of drug-likeness (QED) is 0.447. The molecule has 0 aliphatic carbocycles. The van der Waals surface area contributed by atoms with Crippen LogP contribution in [-0.2, 0) is 22.5 Å². The smallest absolute Gasteiger partial charge is 0.387 e. The number of nitrogens with one attached hydrogen (secondary N) is 1. The molecule has 2 N–H and O–H groups in total. The molecule has 1 saturated heterocycles. The lowest BCUT2D eigenvalue weighted by Gasteiger charge is -2.40. The molecule has 1 atom stereocenters. The SMILES string of the molecule is CC(C)(O)C(OCC1(c2ccccc2)CCNCC1)c1cc(C(F)(F)F)cc(C(F)(F)F)c1.Cl. The van der Waals surface area contributed by atoms with Crippen molar-refractivity contribution in [2.45, 2.75) is 56.2 Å². The number of aliphatic hydroxyl groups is 1. The Morgan fingerprint density at radius 3 is 1.85 bits per heavy atom. The molecule has 0 saturated carbocycles. The van der Waals surface area contributed by atoms with Crippen molar-refractivity contribution in [3.05, 3.63) is 70.8 Å². The zero-order valence-corrected chi connectivity index (χ0v) is 19.6. The first kappa shape index (κ1) is 28.4. The van der Waals surface area contributed by atoms with E-state index in [9.17, 15) is 31.4 Å². The van der Waals surface area contributed by atoms with Gasteiger partial charge in [0.25, 0.3) is 0 Å². The van der Waals surface area contributed by atoms with Gasteiger partial charge in [0.05, 0.1) is 23.3 Å². The van der Waals surface area contributed by atoms with Gasteiger partial charge in [-0.2, -0.15) is 26.3 Å². The second-order valence-electron chi connectivity index (χ2n) is 9.08. The number of benzene rings is 2. The lowest BCUT2D eigenvalue weighted by Crippen LogP contribution is -2.44. The van der Waals surface area contributed by atoms with Crippen LogP contribution in [0.25, 0.3) is 0 Å². The third kappa shape index (κ3) is 6.65. The second-order valence-corrected chi connectivity index (χ2v) is 9.08. The summed E-state index contributed by atoms with van der Waals surface area (Å²) in [4.78, 5) is 0. The van der Waals surface area contributed by atoms with Gasteiger partial charge in [0.15, 0.2) is 0 Å². The molecular weight excluding hydrogens is 484 g/mol. The third-order valence-corrected chi connectivity index (χ3v) is 6.03. The number of alkyl halides is 6. The van der Waals surface area contributed by atoms with E-state index in [0.29, 0.717) is 38.1 Å². The molecule has 34 heavy (non-hydrogen) atoms. The maximum atomic E-state index is 13.4. The van der Waals surface area contributed by atoms with E-state index in [0.717, 1.165) is 5.56 Å². The molecule has 1 fully saturated rings. The Hall–Kier alpha value is -1.81. The van der Waals surface area contributed by atoms with Crippen LogP contribution in [0.2, 0.25) is 0 Å². The summed E-state index contributed by atoms with van der Waals surface area (Å²) in [5, 5.41) is 14.0. The van der Waals surface area contributed by atoms with Gasteiger partial charge in [-0.1, -0.05) is 30.3 Å². The molecular formula is C24H28ClF6NO2. The van der Waals surface area contributed by atoms with Crippen molar-refractivity contribution in [3.8, 4) is 0 Å². The van der Waals surface area contributed by atoms with E-state index in [2.05, 4.69) is 5.32 Å². The molecule has 0 radical (unpaired) electrons. The van der Waals surface area contributed by atoms with Gasteiger partial charge in [0, 0.05) is 5.41 Å². The number of hydrogen-bond donors (Lipinski definition) is 2. The zero-order valence-electron chi connectivity index (χ0n) is 18.8. The van der Waals surface area contributed by atoms with Crippen molar-refractivity contribution in [3.63, 3.8) is 0 Å². The Balaban J connectivity index is 0.00000408. The van der Waals surface area contributed by atoms with Crippen molar-refractivity contribution in [2.75, 3.05) is 19.7 Å². The van der Waals surface area contributed by atoms with Crippen LogP contribution in [0.1, 0.15) is 55.0 Å². The Morgan fingerprint density at radius 1 is 0.912 bits per heavy atom. The van der Waals surface area contributed by atoms with Gasteiger partial charge in [0.2, 0.25) is 0 Å². The minimum atomic E-state index is -4.99. The molecule has 3 rings (SSSR count). The first-order chi connectivity index (χ1) is 15.2. The Labute approximate surface area is 200 Å². The number of rotatable bonds is 6. The molecule has 2 aromatic rings. The van der Waals surface area contributed by atoms with Gasteiger partial charge >= 0.3 is 12.4 Å². The molecule has 1 heterocycles. The maximum absolute atomic E-state index is 13.4. The first-order valence-corrected chi connectivity index (χ1v) is 10.6. The zero-order chi connectivity index (χ0) is 24.5. The van der Waals surface area contributed by atoms with Crippen LogP contribution in [-0.4, -0.2) is 30.4 Å². The van der Waals surface area contributed by atoms with Crippen molar-refractivity contribution in [2.24, 2.45) is 0 Å². The molecule has 1 aliphatic heterocycles. The minimum absolute atomic E-state index is 0. The largest absolute Gasteiger partial charge is 0.416 e. The Kier molecular flexibility index (Phi) is 8.73. The fourth-order valence-electron chi connectivity index (χ4n) is 4.29. The fourth-order valence-corrected chi connectivity index (χ4v) is 4.29. The normalized spacial score (nSPS) is 17.7. The topological polar surface area (TPSA) is 41.5 Å². The van der Waals surface area contributed by atoms with E-state index in [1.165, 1.54) is 13.8 Å². The van der Waals surface area contributed by atoms with Crippen LogP contribution in [0.5, 0.6) is 0 Å². The second kappa shape index (κ2) is 10.4. The molecule has 190 valence electrons. The number of halogens is 7. The lowest BCUT2D eigenvalue weighted by atomic mass is 9.73. The first-order valence-electron chi connectivity index (χ1n) is 10.6. The van der Waals surface area contributed by atoms with Crippen molar-refractivity contribution in [1.29, 1.82) is 0 Å². The fraction of sp³-hybridized carbons (Fsp3) is 0.500. The van der Waals surface area contributed by atoms with E-state index < -0.39 is 40.6 Å². The summed E-state index contributed by atoms with van der Waals surface area (Å²) in [7, 11) is 0. The van der Waals surface area contributed by atoms with E-state index in [4.69, 9.17) is 4.74 Å². The van der Waals surface area contributed by atoms with Crippen LogP contribution < -0.4 is 5.32 Å². The van der Waals surface area contributed by atoms with Crippen molar-refractivity contribution >= 4 is 12.4 Å². The molecule has 10 heteroatoms. The van der Waals surface area contributed by atoms with E-state index in [-0.39, 0.29) is 30.6 Å². The van der Waals surface area contributed by atoms with E-state index >= 15 is 0 Å². The summed E-state index contributed by atoms with van der Waals surface area (Å²) in [5.74, 6) is 0. The average molecular weight is 512 g/mol. The maximum Gasteiger partial charge on any atom is 0.416 e. The molecule has 0 aromatic heterocycles. The Bertz CT molecular complexity index is 903. The highest BCUT2D eigenvalue weighted by atomic mass is 35.5. The Morgan fingerprint density at radius 2 is 1.41 bits per heavy atom. The summed E-state index contributed by atoms with van der Waals surface area (Å²) in [6.45, 7) is 4.02. The highest BCUT2D eigenvalue weighted by molar-refractivity contribution is 5.85. The molecule has 3 nitrogen and oxygen atoms in total. The van der Waals surface area contributed by atoms with E-state index in [1.807, 2.05) is 30.3 Å². The molecule has 0 bridgehead atoms. The number of piperidine rings is 1. The van der Waals surface area contributed by atoms with Crippen LogP contribution in [0.4, 0.5) is 26.3 Å². The highest BCUT2D eigenvalue weighted by Crippen LogP contribution is 2.42. The number of hydrogen-bond acceptors (Lipinski definition) is 3. The molecule has 2 aromatic carbocycles. The molecule has 1 unspecified atom stereocenters. The van der Waals surface area contributed by atoms with Gasteiger partial charge in [-0.25, -0.2) is 0 Å². The predicted molar refractivity (Wildman–Crippen MR) is 119 cm³/mol. The predicted octanol–water partition coefficient (Wildman–Crippen LogP) is 6.30. The van der Waals surface area contributed by atoms with Crippen LogP contribution >= 0.6 is 12.4 Å². The number of ether oxygens (including phenoxy) is 1. The van der Waals surface area contributed by atoms with Gasteiger partial charge in [-0.3, -0.25) is 0 Å². The summed E-state index contributed by atoms with van der Waals surface area (Å²) >= 11 is 0. The van der Waals surface area contributed by atoms with Gasteiger partial charge in [-0.05, 0) is 69.1 Å². The summed E-state index contributed by atoms with van der Waals surface area (Å²) in [6, 6.07) is 10.8. The van der Waals surface area contributed by atoms with Crippen molar-refractivity contribution in [1.82, 2.24) is 5.32 Å². The molecule has 0 spiro atoms. The van der Waals surface area contributed by atoms with Crippen LogP contribution in [0.15, 0.2) is 48.5 Å². The van der Waals surface area contributed by atoms with Gasteiger partial charge < -0.3 is 15.2 Å². The van der Waals surface area contributed by atoms with Gasteiger partial charge in [0.1, 0.15) is 6.10 Å². The van der Waals surface area contributed by atoms with Crippen LogP contribution in [0, 0.1) is 0 Å². The monoisotopic (exact) mass is 511 g/mol. The summed E-state index contributed by atoms with van der Waals surface area (Å²) < 4.78 is 86.3. The minimum Gasteiger partial charge on any atom is -0.387 e. The summed E-state index contributed by atoms with van der Waals surface area (Å²) in [5.41, 5.74) is -4.50. The van der Waals surface area contributed by atoms with Crippen molar-refractivity contribution < 1.29 is 36.2 Å². The molecule has 0 amide bonds. The third-order valence-electron chi connectivity index (χ3n) is 6.03. The lowest BCUT2D eigenvalue weighted by molar-refractivity contribution is -0.144. The van der Waals surface area contributed by atoms with Gasteiger partial charge in [-0.15, -0.1) is 12.4 Å².